The molecule has 136 valence electrons. The van der Waals surface area contributed by atoms with Gasteiger partial charge >= 0.3 is 0 Å². The van der Waals surface area contributed by atoms with Gasteiger partial charge in [0.05, 0.1) is 6.26 Å². The number of rotatable bonds is 5. The molecular weight excluding hydrogens is 368 g/mol. The zero-order chi connectivity index (χ0) is 18.8. The number of nitrogens with zero attached hydrogens (tertiary/aromatic N) is 3. The Kier molecular flexibility index (Phi) is 4.77. The van der Waals surface area contributed by atoms with Gasteiger partial charge in [0.2, 0.25) is 5.82 Å². The van der Waals surface area contributed by atoms with Crippen LogP contribution in [-0.2, 0) is 5.75 Å². The summed E-state index contributed by atoms with van der Waals surface area (Å²) in [5.74, 6) is 0.280. The smallest absolute Gasteiger partial charge is 0.205 e. The molecule has 27 heavy (non-hydrogen) atoms. The summed E-state index contributed by atoms with van der Waals surface area (Å²) in [6.45, 7) is 2.01. The quantitative estimate of drug-likeness (QED) is 0.433. The van der Waals surface area contributed by atoms with E-state index in [9.17, 15) is 8.78 Å². The zero-order valence-corrected chi connectivity index (χ0v) is 15.2. The summed E-state index contributed by atoms with van der Waals surface area (Å²) in [5, 5.41) is 9.10. The van der Waals surface area contributed by atoms with Gasteiger partial charge in [-0.1, -0.05) is 35.5 Å². The highest BCUT2D eigenvalue weighted by atomic mass is 32.2. The number of furan rings is 1. The second-order valence-corrected chi connectivity index (χ2v) is 6.92. The monoisotopic (exact) mass is 383 g/mol. The topological polar surface area (TPSA) is 43.9 Å². The highest BCUT2D eigenvalue weighted by Crippen LogP contribution is 2.30. The number of halogens is 2. The Hall–Kier alpha value is -2.93. The van der Waals surface area contributed by atoms with E-state index < -0.39 is 11.6 Å². The van der Waals surface area contributed by atoms with E-state index in [1.807, 2.05) is 41.8 Å². The molecule has 2 aromatic carbocycles. The van der Waals surface area contributed by atoms with Crippen molar-refractivity contribution < 1.29 is 13.2 Å². The van der Waals surface area contributed by atoms with Gasteiger partial charge in [0.1, 0.15) is 11.6 Å². The first-order valence-electron chi connectivity index (χ1n) is 8.25. The molecule has 0 spiro atoms. The Labute approximate surface area is 158 Å². The van der Waals surface area contributed by atoms with Crippen molar-refractivity contribution in [2.75, 3.05) is 0 Å². The molecule has 0 radical (unpaired) electrons. The number of aryl methyl sites for hydroxylation is 1. The van der Waals surface area contributed by atoms with E-state index in [4.69, 9.17) is 4.42 Å². The standard InChI is InChI=1S/C20H15F2N3OS/c1-13-4-8-16(9-5-13)25-19(18-3-2-10-26-18)23-24-20(25)27-12-14-6-7-15(21)11-17(14)22/h2-11H,12H2,1H3. The first kappa shape index (κ1) is 17.5. The molecule has 2 heterocycles. The molecule has 4 aromatic rings. The maximum atomic E-state index is 13.9. The van der Waals surface area contributed by atoms with Crippen molar-refractivity contribution in [1.29, 1.82) is 0 Å². The molecule has 0 saturated heterocycles. The van der Waals surface area contributed by atoms with Gasteiger partial charge in [-0.15, -0.1) is 10.2 Å². The number of benzene rings is 2. The average molecular weight is 383 g/mol. The third-order valence-corrected chi connectivity index (χ3v) is 5.02. The normalized spacial score (nSPS) is 11.1. The van der Waals surface area contributed by atoms with Crippen molar-refractivity contribution in [2.45, 2.75) is 17.8 Å². The van der Waals surface area contributed by atoms with Crippen molar-refractivity contribution in [2.24, 2.45) is 0 Å². The number of aromatic nitrogens is 3. The Balaban J connectivity index is 1.71. The molecule has 0 aliphatic rings. The van der Waals surface area contributed by atoms with Crippen LogP contribution in [0.25, 0.3) is 17.3 Å². The van der Waals surface area contributed by atoms with Gasteiger partial charge in [0.25, 0.3) is 0 Å². The lowest BCUT2D eigenvalue weighted by atomic mass is 10.2. The lowest BCUT2D eigenvalue weighted by molar-refractivity contribution is 0.574. The van der Waals surface area contributed by atoms with E-state index in [2.05, 4.69) is 10.2 Å². The van der Waals surface area contributed by atoms with E-state index in [1.165, 1.54) is 23.9 Å². The fourth-order valence-corrected chi connectivity index (χ4v) is 3.57. The summed E-state index contributed by atoms with van der Waals surface area (Å²) in [6, 6.07) is 15.1. The summed E-state index contributed by atoms with van der Waals surface area (Å²) in [6.07, 6.45) is 1.57. The molecule has 0 bridgehead atoms. The van der Waals surface area contributed by atoms with Crippen LogP contribution in [0, 0.1) is 18.6 Å². The van der Waals surface area contributed by atoms with Crippen LogP contribution in [0.2, 0.25) is 0 Å². The minimum atomic E-state index is -0.593. The van der Waals surface area contributed by atoms with Crippen molar-refractivity contribution >= 4 is 11.8 Å². The summed E-state index contributed by atoms with van der Waals surface area (Å²) < 4.78 is 34.4. The fourth-order valence-electron chi connectivity index (χ4n) is 2.64. The molecule has 0 amide bonds. The molecule has 0 N–H and O–H groups in total. The Morgan fingerprint density at radius 3 is 2.56 bits per heavy atom. The number of thioether (sulfide) groups is 1. The van der Waals surface area contributed by atoms with Gasteiger partial charge < -0.3 is 4.42 Å². The molecular formula is C20H15F2N3OS. The van der Waals surface area contributed by atoms with Gasteiger partial charge in [-0.05, 0) is 42.8 Å². The lowest BCUT2D eigenvalue weighted by Crippen LogP contribution is -2.00. The van der Waals surface area contributed by atoms with Crippen molar-refractivity contribution in [1.82, 2.24) is 14.8 Å². The maximum absolute atomic E-state index is 13.9. The SMILES string of the molecule is Cc1ccc(-n2c(SCc3ccc(F)cc3F)nnc2-c2ccco2)cc1. The molecule has 7 heteroatoms. The van der Waals surface area contributed by atoms with Crippen molar-refractivity contribution in [3.05, 3.63) is 83.6 Å². The molecule has 0 aliphatic heterocycles. The van der Waals surface area contributed by atoms with Crippen LogP contribution < -0.4 is 0 Å². The summed E-state index contributed by atoms with van der Waals surface area (Å²) in [5.41, 5.74) is 2.41. The molecule has 0 aliphatic carbocycles. The molecule has 4 nitrogen and oxygen atoms in total. The molecule has 0 fully saturated rings. The predicted octanol–water partition coefficient (Wildman–Crippen LogP) is 5.41. The van der Waals surface area contributed by atoms with Crippen LogP contribution in [0.1, 0.15) is 11.1 Å². The molecule has 0 atom stereocenters. The van der Waals surface area contributed by atoms with Crippen molar-refractivity contribution in [3.8, 4) is 17.3 Å². The van der Waals surface area contributed by atoms with Crippen LogP contribution in [0.15, 0.2) is 70.4 Å². The minimum absolute atomic E-state index is 0.300. The van der Waals surface area contributed by atoms with Gasteiger partial charge in [-0.3, -0.25) is 4.57 Å². The second kappa shape index (κ2) is 7.36. The minimum Gasteiger partial charge on any atom is -0.461 e. The molecule has 0 saturated carbocycles. The van der Waals surface area contributed by atoms with Gasteiger partial charge in [0.15, 0.2) is 10.9 Å². The van der Waals surface area contributed by atoms with Crippen LogP contribution in [0.3, 0.4) is 0 Å². The first-order valence-corrected chi connectivity index (χ1v) is 9.23. The van der Waals surface area contributed by atoms with Crippen LogP contribution in [0.4, 0.5) is 8.78 Å². The molecule has 2 aromatic heterocycles. The van der Waals surface area contributed by atoms with Crippen LogP contribution in [-0.4, -0.2) is 14.8 Å². The highest BCUT2D eigenvalue weighted by molar-refractivity contribution is 7.98. The Morgan fingerprint density at radius 1 is 1.04 bits per heavy atom. The lowest BCUT2D eigenvalue weighted by Gasteiger charge is -2.10. The maximum Gasteiger partial charge on any atom is 0.205 e. The van der Waals surface area contributed by atoms with Crippen molar-refractivity contribution in [3.63, 3.8) is 0 Å². The summed E-state index contributed by atoms with van der Waals surface area (Å²) in [4.78, 5) is 0. The first-order chi connectivity index (χ1) is 13.1. The Bertz CT molecular complexity index is 1060. The highest BCUT2D eigenvalue weighted by Gasteiger charge is 2.18. The van der Waals surface area contributed by atoms with Gasteiger partial charge in [-0.25, -0.2) is 8.78 Å². The molecule has 0 unspecified atom stereocenters. The summed E-state index contributed by atoms with van der Waals surface area (Å²) in [7, 11) is 0. The van der Waals surface area contributed by atoms with Gasteiger partial charge in [0, 0.05) is 17.5 Å². The van der Waals surface area contributed by atoms with E-state index in [1.54, 1.807) is 12.3 Å². The predicted molar refractivity (Wildman–Crippen MR) is 99.7 cm³/mol. The largest absolute Gasteiger partial charge is 0.461 e. The fraction of sp³-hybridized carbons (Fsp3) is 0.100. The van der Waals surface area contributed by atoms with E-state index in [-0.39, 0.29) is 0 Å². The second-order valence-electron chi connectivity index (χ2n) is 5.98. The molecule has 4 rings (SSSR count). The number of hydrogen-bond donors (Lipinski definition) is 0. The van der Waals surface area contributed by atoms with E-state index in [0.29, 0.717) is 28.1 Å². The number of hydrogen-bond acceptors (Lipinski definition) is 4. The Morgan fingerprint density at radius 2 is 1.85 bits per heavy atom. The zero-order valence-electron chi connectivity index (χ0n) is 14.4. The van der Waals surface area contributed by atoms with E-state index in [0.717, 1.165) is 17.3 Å². The van der Waals surface area contributed by atoms with E-state index >= 15 is 0 Å². The third-order valence-electron chi connectivity index (χ3n) is 4.04. The van der Waals surface area contributed by atoms with Gasteiger partial charge in [-0.2, -0.15) is 0 Å². The third kappa shape index (κ3) is 3.64. The van der Waals surface area contributed by atoms with Crippen LogP contribution >= 0.6 is 11.8 Å². The summed E-state index contributed by atoms with van der Waals surface area (Å²) >= 11 is 1.32. The van der Waals surface area contributed by atoms with Crippen LogP contribution in [0.5, 0.6) is 0 Å². The average Bonchev–Trinajstić information content (AvgIpc) is 3.31.